The Balaban J connectivity index is 2.00. The lowest BCUT2D eigenvalue weighted by molar-refractivity contribution is -0.134. The summed E-state index contributed by atoms with van der Waals surface area (Å²) in [6.07, 6.45) is 5.73. The van der Waals surface area contributed by atoms with Gasteiger partial charge in [0, 0.05) is 11.6 Å². The van der Waals surface area contributed by atoms with Crippen molar-refractivity contribution in [2.45, 2.75) is 38.1 Å². The Morgan fingerprint density at radius 3 is 2.45 bits per heavy atom. The Hall–Kier alpha value is -2.10. The summed E-state index contributed by atoms with van der Waals surface area (Å²) in [6.45, 7) is 0. The van der Waals surface area contributed by atoms with Crippen LogP contribution in [0.2, 0.25) is 0 Å². The Morgan fingerprint density at radius 2 is 1.85 bits per heavy atom. The van der Waals surface area contributed by atoms with Crippen LogP contribution in [0.4, 0.5) is 0 Å². The minimum atomic E-state index is -1.05. The number of aliphatic carboxylic acids is 1. The number of amides is 1. The molecule has 4 nitrogen and oxygen atoms in total. The van der Waals surface area contributed by atoms with E-state index in [1.807, 2.05) is 30.3 Å². The average molecular weight is 273 g/mol. The third-order valence-electron chi connectivity index (χ3n) is 3.49. The third kappa shape index (κ3) is 4.23. The minimum absolute atomic E-state index is 0.0826. The van der Waals surface area contributed by atoms with E-state index in [-0.39, 0.29) is 23.9 Å². The number of hydrogen-bond acceptors (Lipinski definition) is 2. The normalized spacial score (nSPS) is 16.1. The van der Waals surface area contributed by atoms with Gasteiger partial charge in [0.1, 0.15) is 0 Å². The smallest absolute Gasteiger partial charge is 0.332 e. The second-order valence-corrected chi connectivity index (χ2v) is 5.11. The van der Waals surface area contributed by atoms with Crippen molar-refractivity contribution in [3.05, 3.63) is 41.5 Å². The lowest BCUT2D eigenvalue weighted by Gasteiger charge is -2.12. The number of benzene rings is 1. The molecule has 2 rings (SSSR count). The summed E-state index contributed by atoms with van der Waals surface area (Å²) in [4.78, 5) is 23.1. The lowest BCUT2D eigenvalue weighted by Crippen LogP contribution is -2.33. The van der Waals surface area contributed by atoms with E-state index in [1.54, 1.807) is 6.08 Å². The molecule has 4 heteroatoms. The predicted molar refractivity (Wildman–Crippen MR) is 77.1 cm³/mol. The molecule has 0 radical (unpaired) electrons. The molecule has 2 N–H and O–H groups in total. The fraction of sp³-hybridized carbons (Fsp3) is 0.375. The first kappa shape index (κ1) is 14.3. The molecule has 20 heavy (non-hydrogen) atoms. The summed E-state index contributed by atoms with van der Waals surface area (Å²) in [5.41, 5.74) is 0.908. The molecule has 0 atom stereocenters. The standard InChI is InChI=1S/C16H19NO3/c18-15(17-14-8-4-5-9-14)11-13(16(19)20)10-12-6-2-1-3-7-12/h1-3,6-7,10,14H,4-5,8-9,11H2,(H,17,18)(H,19,20)/b13-10+. The summed E-state index contributed by atoms with van der Waals surface area (Å²) in [7, 11) is 0. The van der Waals surface area contributed by atoms with Crippen LogP contribution in [0.5, 0.6) is 0 Å². The van der Waals surface area contributed by atoms with Crippen LogP contribution in [-0.2, 0) is 9.59 Å². The van der Waals surface area contributed by atoms with Crippen molar-refractivity contribution in [3.8, 4) is 0 Å². The molecule has 0 heterocycles. The molecule has 0 unspecified atom stereocenters. The first-order valence-electron chi connectivity index (χ1n) is 6.93. The lowest BCUT2D eigenvalue weighted by atomic mass is 10.1. The number of carboxylic acids is 1. The molecule has 0 bridgehead atoms. The first-order chi connectivity index (χ1) is 9.65. The van der Waals surface area contributed by atoms with Gasteiger partial charge >= 0.3 is 5.97 Å². The van der Waals surface area contributed by atoms with E-state index >= 15 is 0 Å². The Bertz CT molecular complexity index is 502. The molecule has 0 aliphatic heterocycles. The highest BCUT2D eigenvalue weighted by atomic mass is 16.4. The van der Waals surface area contributed by atoms with Gasteiger partial charge in [-0.25, -0.2) is 4.79 Å². The summed E-state index contributed by atoms with van der Waals surface area (Å²) < 4.78 is 0. The van der Waals surface area contributed by atoms with Gasteiger partial charge in [0.15, 0.2) is 0 Å². The number of nitrogens with one attached hydrogen (secondary N) is 1. The molecule has 1 aliphatic rings. The van der Waals surface area contributed by atoms with E-state index in [1.165, 1.54) is 0 Å². The van der Waals surface area contributed by atoms with Gasteiger partial charge in [-0.3, -0.25) is 4.79 Å². The molecule has 1 aliphatic carbocycles. The highest BCUT2D eigenvalue weighted by molar-refractivity contribution is 5.98. The van der Waals surface area contributed by atoms with Crippen molar-refractivity contribution >= 4 is 18.0 Å². The van der Waals surface area contributed by atoms with Crippen molar-refractivity contribution in [3.63, 3.8) is 0 Å². The van der Waals surface area contributed by atoms with Gasteiger partial charge in [-0.05, 0) is 24.5 Å². The van der Waals surface area contributed by atoms with Crippen molar-refractivity contribution in [1.82, 2.24) is 5.32 Å². The number of carbonyl (C=O) groups is 2. The van der Waals surface area contributed by atoms with Gasteiger partial charge in [-0.15, -0.1) is 0 Å². The Labute approximate surface area is 118 Å². The SMILES string of the molecule is O=C(C/C(=C\c1ccccc1)C(=O)O)NC1CCCC1. The second kappa shape index (κ2) is 6.89. The van der Waals surface area contributed by atoms with Gasteiger partial charge in [0.25, 0.3) is 0 Å². The number of carboxylic acid groups (broad SMARTS) is 1. The summed E-state index contributed by atoms with van der Waals surface area (Å²) in [6, 6.07) is 9.39. The molecule has 1 fully saturated rings. The van der Waals surface area contributed by atoms with Gasteiger partial charge in [0.05, 0.1) is 6.42 Å². The maximum absolute atomic E-state index is 11.9. The van der Waals surface area contributed by atoms with Crippen molar-refractivity contribution in [1.29, 1.82) is 0 Å². The van der Waals surface area contributed by atoms with Gasteiger partial charge in [-0.2, -0.15) is 0 Å². The average Bonchev–Trinajstić information content (AvgIpc) is 2.92. The predicted octanol–water partition coefficient (Wildman–Crippen LogP) is 2.60. The second-order valence-electron chi connectivity index (χ2n) is 5.11. The summed E-state index contributed by atoms with van der Waals surface area (Å²) in [5, 5.41) is 12.1. The summed E-state index contributed by atoms with van der Waals surface area (Å²) in [5.74, 6) is -1.25. The number of hydrogen-bond donors (Lipinski definition) is 2. The van der Waals surface area contributed by atoms with Crippen molar-refractivity contribution < 1.29 is 14.7 Å². The van der Waals surface area contributed by atoms with E-state index in [4.69, 9.17) is 0 Å². The molecule has 0 saturated heterocycles. The summed E-state index contributed by atoms with van der Waals surface area (Å²) >= 11 is 0. The van der Waals surface area contributed by atoms with E-state index in [0.717, 1.165) is 31.2 Å². The van der Waals surface area contributed by atoms with Crippen LogP contribution in [-0.4, -0.2) is 23.0 Å². The van der Waals surface area contributed by atoms with Crippen LogP contribution in [0.15, 0.2) is 35.9 Å². The minimum Gasteiger partial charge on any atom is -0.478 e. The highest BCUT2D eigenvalue weighted by Gasteiger charge is 2.19. The van der Waals surface area contributed by atoms with Crippen LogP contribution in [0.25, 0.3) is 6.08 Å². The van der Waals surface area contributed by atoms with Crippen molar-refractivity contribution in [2.75, 3.05) is 0 Å². The fourth-order valence-electron chi connectivity index (χ4n) is 2.46. The molecule has 1 saturated carbocycles. The first-order valence-corrected chi connectivity index (χ1v) is 6.93. The fourth-order valence-corrected chi connectivity index (χ4v) is 2.46. The van der Waals surface area contributed by atoms with Crippen LogP contribution in [0.3, 0.4) is 0 Å². The van der Waals surface area contributed by atoms with Crippen LogP contribution in [0, 0.1) is 0 Å². The monoisotopic (exact) mass is 273 g/mol. The van der Waals surface area contributed by atoms with Gasteiger partial charge < -0.3 is 10.4 Å². The van der Waals surface area contributed by atoms with Crippen LogP contribution >= 0.6 is 0 Å². The quantitative estimate of drug-likeness (QED) is 0.810. The maximum Gasteiger partial charge on any atom is 0.332 e. The van der Waals surface area contributed by atoms with Crippen LogP contribution < -0.4 is 5.32 Å². The van der Waals surface area contributed by atoms with Gasteiger partial charge in [-0.1, -0.05) is 43.2 Å². The highest BCUT2D eigenvalue weighted by Crippen LogP contribution is 2.18. The van der Waals surface area contributed by atoms with Gasteiger partial charge in [0.2, 0.25) is 5.91 Å². The van der Waals surface area contributed by atoms with Crippen LogP contribution in [0.1, 0.15) is 37.7 Å². The maximum atomic E-state index is 11.9. The molecule has 1 aromatic carbocycles. The zero-order chi connectivity index (χ0) is 14.4. The molecule has 1 aromatic rings. The molecular formula is C16H19NO3. The number of carbonyl (C=O) groups excluding carboxylic acids is 1. The van der Waals surface area contributed by atoms with Crippen molar-refractivity contribution in [2.24, 2.45) is 0 Å². The van der Waals surface area contributed by atoms with E-state index in [9.17, 15) is 14.7 Å². The van der Waals surface area contributed by atoms with E-state index in [2.05, 4.69) is 5.32 Å². The Morgan fingerprint density at radius 1 is 1.20 bits per heavy atom. The molecular weight excluding hydrogens is 254 g/mol. The molecule has 106 valence electrons. The third-order valence-corrected chi connectivity index (χ3v) is 3.49. The van der Waals surface area contributed by atoms with E-state index < -0.39 is 5.97 Å². The Kier molecular flexibility index (Phi) is 4.93. The largest absolute Gasteiger partial charge is 0.478 e. The van der Waals surface area contributed by atoms with E-state index in [0.29, 0.717) is 0 Å². The molecule has 0 spiro atoms. The number of rotatable bonds is 5. The molecule has 0 aromatic heterocycles. The molecule has 1 amide bonds. The zero-order valence-electron chi connectivity index (χ0n) is 11.3. The topological polar surface area (TPSA) is 66.4 Å². The zero-order valence-corrected chi connectivity index (χ0v) is 11.3.